The van der Waals surface area contributed by atoms with Crippen LogP contribution in [-0.4, -0.2) is 0 Å². The molecule has 1 nitrogen and oxygen atoms in total. The van der Waals surface area contributed by atoms with Gasteiger partial charge in [-0.15, -0.1) is 11.3 Å². The SMILES string of the molecule is CCCC(N)c1ccc(-c2cc(Cl)c(F)c(Cl)c2)s1. The Morgan fingerprint density at radius 1 is 1.26 bits per heavy atom. The van der Waals surface area contributed by atoms with Gasteiger partial charge in [-0.25, -0.2) is 4.39 Å². The first-order chi connectivity index (χ1) is 9.02. The molecule has 1 aromatic heterocycles. The molecule has 0 aliphatic rings. The highest BCUT2D eigenvalue weighted by molar-refractivity contribution is 7.15. The topological polar surface area (TPSA) is 26.0 Å². The van der Waals surface area contributed by atoms with Crippen molar-refractivity contribution >= 4 is 34.5 Å². The van der Waals surface area contributed by atoms with Gasteiger partial charge in [0.25, 0.3) is 0 Å². The summed E-state index contributed by atoms with van der Waals surface area (Å²) in [5.74, 6) is -0.577. The molecule has 0 radical (unpaired) electrons. The second kappa shape index (κ2) is 6.23. The van der Waals surface area contributed by atoms with Crippen LogP contribution in [-0.2, 0) is 0 Å². The van der Waals surface area contributed by atoms with Gasteiger partial charge >= 0.3 is 0 Å². The average molecular weight is 318 g/mol. The van der Waals surface area contributed by atoms with Gasteiger partial charge in [-0.3, -0.25) is 0 Å². The fourth-order valence-corrected chi connectivity index (χ4v) is 3.38. The van der Waals surface area contributed by atoms with E-state index in [0.29, 0.717) is 0 Å². The van der Waals surface area contributed by atoms with Crippen molar-refractivity contribution in [1.29, 1.82) is 0 Å². The van der Waals surface area contributed by atoms with Gasteiger partial charge in [-0.1, -0.05) is 36.5 Å². The third kappa shape index (κ3) is 3.29. The summed E-state index contributed by atoms with van der Waals surface area (Å²) in [7, 11) is 0. The fourth-order valence-electron chi connectivity index (χ4n) is 1.86. The molecule has 2 aromatic rings. The predicted octanol–water partition coefficient (Wildman–Crippen LogP) is 5.66. The van der Waals surface area contributed by atoms with Crippen LogP contribution in [0.25, 0.3) is 10.4 Å². The highest BCUT2D eigenvalue weighted by Gasteiger charge is 2.12. The molecule has 0 aliphatic carbocycles. The minimum absolute atomic E-state index is 0.0373. The molecule has 0 amide bonds. The molecular weight excluding hydrogens is 304 g/mol. The van der Waals surface area contributed by atoms with Gasteiger partial charge in [0.15, 0.2) is 5.82 Å². The lowest BCUT2D eigenvalue weighted by Crippen LogP contribution is -2.07. The molecule has 1 unspecified atom stereocenters. The Balaban J connectivity index is 2.33. The van der Waals surface area contributed by atoms with Crippen LogP contribution in [0, 0.1) is 5.82 Å². The summed E-state index contributed by atoms with van der Waals surface area (Å²) in [5.41, 5.74) is 6.90. The minimum Gasteiger partial charge on any atom is -0.323 e. The monoisotopic (exact) mass is 317 g/mol. The van der Waals surface area contributed by atoms with E-state index in [1.807, 2.05) is 12.1 Å². The lowest BCUT2D eigenvalue weighted by molar-refractivity contribution is 0.629. The summed E-state index contributed by atoms with van der Waals surface area (Å²) in [5, 5.41) is 0.0746. The number of thiophene rings is 1. The zero-order valence-electron chi connectivity index (χ0n) is 10.4. The maximum atomic E-state index is 13.4. The molecule has 19 heavy (non-hydrogen) atoms. The van der Waals surface area contributed by atoms with Crippen LogP contribution in [0.5, 0.6) is 0 Å². The van der Waals surface area contributed by atoms with Gasteiger partial charge < -0.3 is 5.73 Å². The van der Waals surface area contributed by atoms with Crippen LogP contribution >= 0.6 is 34.5 Å². The van der Waals surface area contributed by atoms with Gasteiger partial charge in [0.2, 0.25) is 0 Å². The number of nitrogens with two attached hydrogens (primary N) is 1. The summed E-state index contributed by atoms with van der Waals surface area (Å²) >= 11 is 13.2. The van der Waals surface area contributed by atoms with Crippen molar-refractivity contribution in [3.05, 3.63) is 45.0 Å². The predicted molar refractivity (Wildman–Crippen MR) is 81.6 cm³/mol. The van der Waals surface area contributed by atoms with Crippen molar-refractivity contribution in [3.63, 3.8) is 0 Å². The molecule has 0 aliphatic heterocycles. The minimum atomic E-state index is -0.577. The first-order valence-electron chi connectivity index (χ1n) is 6.03. The van der Waals surface area contributed by atoms with Crippen LogP contribution in [0.3, 0.4) is 0 Å². The Bertz CT molecular complexity index is 560. The number of benzene rings is 1. The molecule has 5 heteroatoms. The summed E-state index contributed by atoms with van der Waals surface area (Å²) in [6.45, 7) is 2.11. The Kier molecular flexibility index (Phi) is 4.85. The van der Waals surface area contributed by atoms with Crippen molar-refractivity contribution in [2.24, 2.45) is 5.73 Å². The Morgan fingerprint density at radius 2 is 1.89 bits per heavy atom. The molecule has 0 fully saturated rings. The highest BCUT2D eigenvalue weighted by Crippen LogP contribution is 2.36. The second-order valence-electron chi connectivity index (χ2n) is 4.35. The Hall–Kier alpha value is -0.610. The van der Waals surface area contributed by atoms with E-state index < -0.39 is 5.82 Å². The number of hydrogen-bond donors (Lipinski definition) is 1. The molecule has 1 aromatic carbocycles. The lowest BCUT2D eigenvalue weighted by atomic mass is 10.1. The largest absolute Gasteiger partial charge is 0.323 e. The number of hydrogen-bond acceptors (Lipinski definition) is 2. The molecule has 2 N–H and O–H groups in total. The fraction of sp³-hybridized carbons (Fsp3) is 0.286. The van der Waals surface area contributed by atoms with Gasteiger partial charge in [-0.2, -0.15) is 0 Å². The quantitative estimate of drug-likeness (QED) is 0.723. The molecule has 2 rings (SSSR count). The van der Waals surface area contributed by atoms with Crippen LogP contribution in [0.1, 0.15) is 30.7 Å². The van der Waals surface area contributed by atoms with E-state index in [2.05, 4.69) is 6.92 Å². The Morgan fingerprint density at radius 3 is 2.47 bits per heavy atom. The summed E-state index contributed by atoms with van der Waals surface area (Å²) in [6.07, 6.45) is 1.99. The Labute approximate surface area is 126 Å². The van der Waals surface area contributed by atoms with Crippen LogP contribution < -0.4 is 5.73 Å². The van der Waals surface area contributed by atoms with Crippen molar-refractivity contribution < 1.29 is 4.39 Å². The first kappa shape index (κ1) is 14.8. The maximum Gasteiger partial charge on any atom is 0.160 e. The van der Waals surface area contributed by atoms with Gasteiger partial charge in [0.05, 0.1) is 10.0 Å². The van der Waals surface area contributed by atoms with Crippen molar-refractivity contribution in [2.45, 2.75) is 25.8 Å². The summed E-state index contributed by atoms with van der Waals surface area (Å²) < 4.78 is 13.4. The van der Waals surface area contributed by atoms with E-state index in [-0.39, 0.29) is 16.1 Å². The molecule has 0 saturated carbocycles. The van der Waals surface area contributed by atoms with E-state index in [4.69, 9.17) is 28.9 Å². The summed E-state index contributed by atoms with van der Waals surface area (Å²) in [4.78, 5) is 2.11. The van der Waals surface area contributed by atoms with E-state index in [1.54, 1.807) is 23.5 Å². The van der Waals surface area contributed by atoms with Gasteiger partial charge in [-0.05, 0) is 36.2 Å². The van der Waals surface area contributed by atoms with Crippen molar-refractivity contribution in [3.8, 4) is 10.4 Å². The number of halogens is 3. The van der Waals surface area contributed by atoms with E-state index >= 15 is 0 Å². The average Bonchev–Trinajstić information content (AvgIpc) is 2.85. The van der Waals surface area contributed by atoms with E-state index in [9.17, 15) is 4.39 Å². The van der Waals surface area contributed by atoms with Crippen LogP contribution in [0.2, 0.25) is 10.0 Å². The third-order valence-corrected chi connectivity index (χ3v) is 4.68. The molecule has 102 valence electrons. The van der Waals surface area contributed by atoms with E-state index in [0.717, 1.165) is 28.2 Å². The smallest absolute Gasteiger partial charge is 0.160 e. The number of rotatable bonds is 4. The molecule has 1 atom stereocenters. The second-order valence-corrected chi connectivity index (χ2v) is 6.28. The highest BCUT2D eigenvalue weighted by atomic mass is 35.5. The van der Waals surface area contributed by atoms with Crippen LogP contribution in [0.4, 0.5) is 4.39 Å². The van der Waals surface area contributed by atoms with Crippen molar-refractivity contribution in [2.75, 3.05) is 0 Å². The zero-order chi connectivity index (χ0) is 14.0. The van der Waals surface area contributed by atoms with Crippen molar-refractivity contribution in [1.82, 2.24) is 0 Å². The van der Waals surface area contributed by atoms with Gasteiger partial charge in [0, 0.05) is 15.8 Å². The molecule has 0 spiro atoms. The van der Waals surface area contributed by atoms with E-state index in [1.165, 1.54) is 0 Å². The first-order valence-corrected chi connectivity index (χ1v) is 7.60. The summed E-state index contributed by atoms with van der Waals surface area (Å²) in [6, 6.07) is 7.20. The zero-order valence-corrected chi connectivity index (χ0v) is 12.7. The normalized spacial score (nSPS) is 12.7. The van der Waals surface area contributed by atoms with Gasteiger partial charge in [0.1, 0.15) is 0 Å². The molecule has 0 saturated heterocycles. The molecule has 0 bridgehead atoms. The standard InChI is InChI=1S/C14H14Cl2FNS/c1-2-3-11(18)13-5-4-12(19-13)8-6-9(15)14(17)10(16)7-8/h4-7,11H,2-3,18H2,1H3. The molecule has 1 heterocycles. The molecular formula is C14H14Cl2FNS. The maximum absolute atomic E-state index is 13.4. The lowest BCUT2D eigenvalue weighted by Gasteiger charge is -2.06. The third-order valence-electron chi connectivity index (χ3n) is 2.86. The van der Waals surface area contributed by atoms with Crippen LogP contribution in [0.15, 0.2) is 24.3 Å².